The molecule has 0 spiro atoms. The van der Waals surface area contributed by atoms with Crippen LogP contribution >= 0.6 is 11.3 Å². The van der Waals surface area contributed by atoms with Gasteiger partial charge in [-0.15, -0.1) is 11.3 Å². The van der Waals surface area contributed by atoms with Gasteiger partial charge in [0.05, 0.1) is 23.3 Å². The first-order valence-electron chi connectivity index (χ1n) is 7.80. The average molecular weight is 350 g/mol. The Hall–Kier alpha value is -1.83. The number of thiazole rings is 1. The number of aliphatic hydroxyl groups is 1. The molecule has 1 saturated heterocycles. The van der Waals surface area contributed by atoms with Gasteiger partial charge in [0.25, 0.3) is 5.91 Å². The number of amides is 1. The topological polar surface area (TPSA) is 62.7 Å². The quantitative estimate of drug-likeness (QED) is 0.921. The van der Waals surface area contributed by atoms with Crippen LogP contribution in [0.15, 0.2) is 24.3 Å². The number of piperidine rings is 1. The van der Waals surface area contributed by atoms with E-state index in [0.717, 1.165) is 10.4 Å². The molecule has 1 amide bonds. The van der Waals surface area contributed by atoms with Gasteiger partial charge in [-0.05, 0) is 37.1 Å². The molecule has 0 saturated carbocycles. The number of benzene rings is 1. The van der Waals surface area contributed by atoms with E-state index in [1.165, 1.54) is 23.5 Å². The largest absolute Gasteiger partial charge is 0.393 e. The number of rotatable bonds is 4. The predicted octanol–water partition coefficient (Wildman–Crippen LogP) is 2.69. The molecule has 1 aromatic heterocycles. The van der Waals surface area contributed by atoms with Crippen molar-refractivity contribution < 1.29 is 19.0 Å². The Kier molecular flexibility index (Phi) is 5.23. The zero-order valence-electron chi connectivity index (χ0n) is 13.4. The fourth-order valence-electron chi connectivity index (χ4n) is 2.71. The summed E-state index contributed by atoms with van der Waals surface area (Å²) < 4.78 is 18.3. The van der Waals surface area contributed by atoms with Gasteiger partial charge in [0, 0.05) is 25.8 Å². The number of aromatic nitrogens is 1. The summed E-state index contributed by atoms with van der Waals surface area (Å²) in [6.07, 6.45) is 0.851. The summed E-state index contributed by atoms with van der Waals surface area (Å²) in [5, 5.41) is 9.97. The normalized spacial score (nSPS) is 15.7. The number of ether oxygens (including phenoxy) is 1. The average Bonchev–Trinajstić information content (AvgIpc) is 3.00. The third kappa shape index (κ3) is 3.63. The van der Waals surface area contributed by atoms with E-state index in [-0.39, 0.29) is 17.8 Å². The monoisotopic (exact) mass is 350 g/mol. The van der Waals surface area contributed by atoms with Crippen LogP contribution in [0.3, 0.4) is 0 Å². The van der Waals surface area contributed by atoms with Gasteiger partial charge in [0.1, 0.15) is 5.82 Å². The number of nitrogens with zero attached hydrogens (tertiary/aromatic N) is 2. The summed E-state index contributed by atoms with van der Waals surface area (Å²) in [5.41, 5.74) is 1.41. The van der Waals surface area contributed by atoms with Crippen molar-refractivity contribution in [2.45, 2.75) is 25.6 Å². The van der Waals surface area contributed by atoms with E-state index in [1.54, 1.807) is 24.1 Å². The minimum Gasteiger partial charge on any atom is -0.393 e. The highest BCUT2D eigenvalue weighted by Gasteiger charge is 2.26. The van der Waals surface area contributed by atoms with Crippen LogP contribution in [0.25, 0.3) is 11.3 Å². The maximum Gasteiger partial charge on any atom is 0.282 e. The van der Waals surface area contributed by atoms with Gasteiger partial charge in [-0.2, -0.15) is 0 Å². The highest BCUT2D eigenvalue weighted by atomic mass is 32.1. The fraction of sp³-hybridized carbons (Fsp3) is 0.412. The molecule has 0 radical (unpaired) electrons. The Bertz CT molecular complexity index is 709. The maximum absolute atomic E-state index is 13.1. The number of halogens is 1. The summed E-state index contributed by atoms with van der Waals surface area (Å²) in [6.45, 7) is 1.41. The first-order valence-corrected chi connectivity index (χ1v) is 8.62. The Labute approximate surface area is 143 Å². The minimum atomic E-state index is -0.329. The van der Waals surface area contributed by atoms with Crippen molar-refractivity contribution in [3.05, 3.63) is 40.0 Å². The lowest BCUT2D eigenvalue weighted by Crippen LogP contribution is -2.40. The van der Waals surface area contributed by atoms with E-state index in [4.69, 9.17) is 4.74 Å². The van der Waals surface area contributed by atoms with Crippen molar-refractivity contribution in [3.8, 4) is 11.3 Å². The number of hydrogen-bond donors (Lipinski definition) is 1. The highest BCUT2D eigenvalue weighted by molar-refractivity contribution is 7.14. The summed E-state index contributed by atoms with van der Waals surface area (Å²) in [7, 11) is 1.59. The Morgan fingerprint density at radius 2 is 2.04 bits per heavy atom. The number of carbonyl (C=O) groups excluding carboxylic acids is 1. The molecule has 1 N–H and O–H groups in total. The molecule has 2 aromatic rings. The SMILES string of the molecule is COCc1sc(C(=O)N2CCC(O)CC2)nc1-c1ccc(F)cc1. The van der Waals surface area contributed by atoms with Gasteiger partial charge in [-0.3, -0.25) is 4.79 Å². The van der Waals surface area contributed by atoms with Gasteiger partial charge in [-0.25, -0.2) is 9.37 Å². The summed E-state index contributed by atoms with van der Waals surface area (Å²) in [6, 6.07) is 6.04. The minimum absolute atomic E-state index is 0.127. The zero-order valence-corrected chi connectivity index (χ0v) is 14.2. The molecule has 3 rings (SSSR count). The molecule has 1 aliphatic rings. The van der Waals surface area contributed by atoms with Gasteiger partial charge in [-0.1, -0.05) is 0 Å². The van der Waals surface area contributed by atoms with E-state index < -0.39 is 0 Å². The highest BCUT2D eigenvalue weighted by Crippen LogP contribution is 2.30. The molecule has 2 heterocycles. The second-order valence-electron chi connectivity index (χ2n) is 5.75. The van der Waals surface area contributed by atoms with E-state index >= 15 is 0 Å². The van der Waals surface area contributed by atoms with Crippen LogP contribution in [0, 0.1) is 5.82 Å². The van der Waals surface area contributed by atoms with E-state index in [9.17, 15) is 14.3 Å². The first kappa shape index (κ1) is 17.0. The first-order chi connectivity index (χ1) is 11.6. The van der Waals surface area contributed by atoms with E-state index in [0.29, 0.717) is 43.2 Å². The number of aliphatic hydroxyl groups excluding tert-OH is 1. The standard InChI is InChI=1S/C17H19FN2O3S/c1-23-10-14-15(11-2-4-12(18)5-3-11)19-16(24-14)17(22)20-8-6-13(21)7-9-20/h2-5,13,21H,6-10H2,1H3. The van der Waals surface area contributed by atoms with Gasteiger partial charge in [0.2, 0.25) is 0 Å². The molecule has 1 aromatic carbocycles. The summed E-state index contributed by atoms with van der Waals surface area (Å²) in [4.78, 5) is 19.7. The van der Waals surface area contributed by atoms with Gasteiger partial charge >= 0.3 is 0 Å². The second-order valence-corrected chi connectivity index (χ2v) is 6.84. The summed E-state index contributed by atoms with van der Waals surface area (Å²) >= 11 is 1.30. The smallest absolute Gasteiger partial charge is 0.282 e. The van der Waals surface area contributed by atoms with Crippen molar-refractivity contribution in [2.75, 3.05) is 20.2 Å². The lowest BCUT2D eigenvalue weighted by molar-refractivity contribution is 0.0546. The third-order valence-electron chi connectivity index (χ3n) is 4.03. The molecule has 0 unspecified atom stereocenters. The number of methoxy groups -OCH3 is 1. The lowest BCUT2D eigenvalue weighted by Gasteiger charge is -2.28. The Balaban J connectivity index is 1.88. The molecule has 0 atom stereocenters. The van der Waals surface area contributed by atoms with Crippen molar-refractivity contribution in [3.63, 3.8) is 0 Å². The lowest BCUT2D eigenvalue weighted by atomic mass is 10.1. The van der Waals surface area contributed by atoms with Crippen LogP contribution in [0.2, 0.25) is 0 Å². The third-order valence-corrected chi connectivity index (χ3v) is 5.04. The van der Waals surface area contributed by atoms with Crippen molar-refractivity contribution in [1.82, 2.24) is 9.88 Å². The molecule has 0 bridgehead atoms. The maximum atomic E-state index is 13.1. The van der Waals surface area contributed by atoms with Crippen LogP contribution in [0.5, 0.6) is 0 Å². The molecule has 0 aliphatic carbocycles. The van der Waals surface area contributed by atoms with Crippen molar-refractivity contribution >= 4 is 17.2 Å². The molecule has 5 nitrogen and oxygen atoms in total. The van der Waals surface area contributed by atoms with E-state index in [1.807, 2.05) is 0 Å². The number of hydrogen-bond acceptors (Lipinski definition) is 5. The fourth-order valence-corrected chi connectivity index (χ4v) is 3.73. The van der Waals surface area contributed by atoms with Crippen molar-refractivity contribution in [1.29, 1.82) is 0 Å². The molecule has 128 valence electrons. The van der Waals surface area contributed by atoms with Crippen LogP contribution in [-0.4, -0.2) is 47.2 Å². The van der Waals surface area contributed by atoms with Crippen LogP contribution in [-0.2, 0) is 11.3 Å². The molecular weight excluding hydrogens is 331 g/mol. The van der Waals surface area contributed by atoms with Gasteiger partial charge in [0.15, 0.2) is 5.01 Å². The Morgan fingerprint density at radius 3 is 2.67 bits per heavy atom. The second kappa shape index (κ2) is 7.38. The molecule has 1 fully saturated rings. The molecular formula is C17H19FN2O3S. The van der Waals surface area contributed by atoms with Crippen molar-refractivity contribution in [2.24, 2.45) is 0 Å². The summed E-state index contributed by atoms with van der Waals surface area (Å²) in [5.74, 6) is -0.442. The molecule has 7 heteroatoms. The van der Waals surface area contributed by atoms with Crippen LogP contribution < -0.4 is 0 Å². The van der Waals surface area contributed by atoms with Crippen LogP contribution in [0.4, 0.5) is 4.39 Å². The Morgan fingerprint density at radius 1 is 1.38 bits per heavy atom. The predicted molar refractivity (Wildman–Crippen MR) is 89.4 cm³/mol. The number of likely N-dealkylation sites (tertiary alicyclic amines) is 1. The van der Waals surface area contributed by atoms with Crippen LogP contribution in [0.1, 0.15) is 27.5 Å². The molecule has 1 aliphatic heterocycles. The van der Waals surface area contributed by atoms with E-state index in [2.05, 4.69) is 4.98 Å². The zero-order chi connectivity index (χ0) is 17.1. The molecule has 24 heavy (non-hydrogen) atoms. The van der Waals surface area contributed by atoms with Gasteiger partial charge < -0.3 is 14.7 Å². The number of carbonyl (C=O) groups is 1.